The molecule has 0 aromatic heterocycles. The van der Waals surface area contributed by atoms with Gasteiger partial charge in [0.05, 0.1) is 6.61 Å². The monoisotopic (exact) mass is 233 g/mol. The van der Waals surface area contributed by atoms with E-state index in [1.165, 1.54) is 18.4 Å². The molecule has 0 heterocycles. The molecule has 1 aliphatic carbocycles. The third kappa shape index (κ3) is 3.01. The van der Waals surface area contributed by atoms with Crippen LogP contribution in [-0.2, 0) is 0 Å². The predicted molar refractivity (Wildman–Crippen MR) is 71.4 cm³/mol. The van der Waals surface area contributed by atoms with E-state index in [1.807, 2.05) is 6.07 Å². The molecule has 1 aromatic rings. The molecule has 1 fully saturated rings. The van der Waals surface area contributed by atoms with Crippen molar-refractivity contribution in [3.8, 4) is 5.75 Å². The highest BCUT2D eigenvalue weighted by Gasteiger charge is 2.42. The van der Waals surface area contributed by atoms with Crippen LogP contribution in [0.15, 0.2) is 24.3 Å². The minimum absolute atomic E-state index is 0.388. The molecule has 0 bridgehead atoms. The molecule has 2 rings (SSSR count). The second-order valence-corrected chi connectivity index (χ2v) is 5.52. The Morgan fingerprint density at radius 3 is 2.59 bits per heavy atom. The van der Waals surface area contributed by atoms with Gasteiger partial charge in [0.15, 0.2) is 0 Å². The van der Waals surface area contributed by atoms with E-state index in [4.69, 9.17) is 10.5 Å². The van der Waals surface area contributed by atoms with Crippen LogP contribution in [-0.4, -0.2) is 13.2 Å². The quantitative estimate of drug-likeness (QED) is 0.818. The molecule has 2 N–H and O–H groups in total. The van der Waals surface area contributed by atoms with E-state index < -0.39 is 0 Å². The summed E-state index contributed by atoms with van der Waals surface area (Å²) < 4.78 is 6.02. The first kappa shape index (κ1) is 12.4. The van der Waals surface area contributed by atoms with Crippen LogP contribution in [0.1, 0.15) is 44.6 Å². The molecule has 1 aliphatic rings. The van der Waals surface area contributed by atoms with Crippen molar-refractivity contribution in [2.24, 2.45) is 11.1 Å². The number of para-hydroxylation sites is 1. The van der Waals surface area contributed by atoms with E-state index >= 15 is 0 Å². The maximum Gasteiger partial charge on any atom is 0.122 e. The molecule has 0 unspecified atom stereocenters. The van der Waals surface area contributed by atoms with Crippen molar-refractivity contribution in [2.75, 3.05) is 13.2 Å². The number of rotatable bonds is 6. The van der Waals surface area contributed by atoms with E-state index in [0.29, 0.717) is 11.3 Å². The summed E-state index contributed by atoms with van der Waals surface area (Å²) in [6.45, 7) is 6.01. The Labute approximate surface area is 104 Å². The lowest BCUT2D eigenvalue weighted by Crippen LogP contribution is -2.18. The van der Waals surface area contributed by atoms with Gasteiger partial charge in [-0.25, -0.2) is 0 Å². The molecule has 0 atom stereocenters. The molecular formula is C15H23NO. The molecule has 0 spiro atoms. The molecule has 1 aromatic carbocycles. The van der Waals surface area contributed by atoms with Gasteiger partial charge in [0.25, 0.3) is 0 Å². The van der Waals surface area contributed by atoms with Crippen molar-refractivity contribution < 1.29 is 4.74 Å². The number of ether oxygens (including phenoxy) is 1. The molecule has 2 heteroatoms. The summed E-state index contributed by atoms with van der Waals surface area (Å²) in [6.07, 6.45) is 3.64. The number of hydrogen-bond acceptors (Lipinski definition) is 2. The fraction of sp³-hybridized carbons (Fsp3) is 0.600. The topological polar surface area (TPSA) is 35.2 Å². The van der Waals surface area contributed by atoms with Gasteiger partial charge in [0, 0.05) is 5.41 Å². The summed E-state index contributed by atoms with van der Waals surface area (Å²) in [5.41, 5.74) is 7.34. The largest absolute Gasteiger partial charge is 0.493 e. The van der Waals surface area contributed by atoms with Gasteiger partial charge in [-0.1, -0.05) is 32.0 Å². The zero-order valence-electron chi connectivity index (χ0n) is 10.9. The highest BCUT2D eigenvalue weighted by Crippen LogP contribution is 2.48. The third-order valence-corrected chi connectivity index (χ3v) is 3.71. The van der Waals surface area contributed by atoms with Crippen molar-refractivity contribution in [2.45, 2.75) is 39.0 Å². The Hall–Kier alpha value is -1.02. The van der Waals surface area contributed by atoms with Crippen molar-refractivity contribution in [1.82, 2.24) is 0 Å². The van der Waals surface area contributed by atoms with E-state index in [-0.39, 0.29) is 0 Å². The molecule has 0 saturated heterocycles. The van der Waals surface area contributed by atoms with E-state index in [9.17, 15) is 0 Å². The molecule has 0 radical (unpaired) electrons. The Bertz CT molecular complexity index is 369. The Kier molecular flexibility index (Phi) is 3.72. The van der Waals surface area contributed by atoms with Gasteiger partial charge in [0.1, 0.15) is 5.75 Å². The highest BCUT2D eigenvalue weighted by molar-refractivity contribution is 5.35. The zero-order chi connectivity index (χ0) is 12.3. The molecule has 0 aliphatic heterocycles. The zero-order valence-corrected chi connectivity index (χ0v) is 10.9. The summed E-state index contributed by atoms with van der Waals surface area (Å²) in [6, 6.07) is 8.36. The second kappa shape index (κ2) is 5.09. The number of benzene rings is 1. The van der Waals surface area contributed by atoms with Gasteiger partial charge in [0.2, 0.25) is 0 Å². The fourth-order valence-electron chi connectivity index (χ4n) is 2.27. The number of hydrogen-bond donors (Lipinski definition) is 1. The van der Waals surface area contributed by atoms with Crippen LogP contribution in [0.2, 0.25) is 0 Å². The lowest BCUT2D eigenvalue weighted by molar-refractivity contribution is 0.224. The van der Waals surface area contributed by atoms with Crippen LogP contribution in [0.5, 0.6) is 5.75 Å². The Morgan fingerprint density at radius 2 is 2.00 bits per heavy atom. The lowest BCUT2D eigenvalue weighted by atomic mass is 10.0. The van der Waals surface area contributed by atoms with E-state index in [0.717, 1.165) is 25.3 Å². The van der Waals surface area contributed by atoms with Crippen LogP contribution in [0.4, 0.5) is 0 Å². The lowest BCUT2D eigenvalue weighted by Gasteiger charge is -2.18. The standard InChI is InChI=1S/C15H23NO/c1-12(2)13-5-3-4-6-14(13)17-11-15(7-8-15)9-10-16/h3-6,12H,7-11,16H2,1-2H3. The minimum atomic E-state index is 0.388. The average molecular weight is 233 g/mol. The average Bonchev–Trinajstić information content (AvgIpc) is 3.08. The van der Waals surface area contributed by atoms with Crippen LogP contribution in [0, 0.1) is 5.41 Å². The summed E-state index contributed by atoms with van der Waals surface area (Å²) >= 11 is 0. The molecular weight excluding hydrogens is 210 g/mol. The fourth-order valence-corrected chi connectivity index (χ4v) is 2.27. The maximum atomic E-state index is 6.02. The molecule has 17 heavy (non-hydrogen) atoms. The van der Waals surface area contributed by atoms with Gasteiger partial charge >= 0.3 is 0 Å². The smallest absolute Gasteiger partial charge is 0.122 e. The predicted octanol–water partition coefficient (Wildman–Crippen LogP) is 3.32. The minimum Gasteiger partial charge on any atom is -0.493 e. The molecule has 0 amide bonds. The second-order valence-electron chi connectivity index (χ2n) is 5.52. The first-order valence-corrected chi connectivity index (χ1v) is 6.59. The van der Waals surface area contributed by atoms with Crippen LogP contribution in [0.25, 0.3) is 0 Å². The summed E-state index contributed by atoms with van der Waals surface area (Å²) in [4.78, 5) is 0. The van der Waals surface area contributed by atoms with Crippen molar-refractivity contribution >= 4 is 0 Å². The summed E-state index contributed by atoms with van der Waals surface area (Å²) in [5.74, 6) is 1.56. The van der Waals surface area contributed by atoms with Crippen LogP contribution in [0.3, 0.4) is 0 Å². The van der Waals surface area contributed by atoms with Gasteiger partial charge in [-0.2, -0.15) is 0 Å². The van der Waals surface area contributed by atoms with E-state index in [2.05, 4.69) is 32.0 Å². The SMILES string of the molecule is CC(C)c1ccccc1OCC1(CCN)CC1. The Morgan fingerprint density at radius 1 is 1.29 bits per heavy atom. The number of nitrogens with two attached hydrogens (primary N) is 1. The normalized spacial score (nSPS) is 17.2. The van der Waals surface area contributed by atoms with Gasteiger partial charge in [-0.15, -0.1) is 0 Å². The first-order chi connectivity index (χ1) is 8.17. The van der Waals surface area contributed by atoms with Gasteiger partial charge < -0.3 is 10.5 Å². The summed E-state index contributed by atoms with van der Waals surface area (Å²) in [7, 11) is 0. The van der Waals surface area contributed by atoms with Gasteiger partial charge in [-0.3, -0.25) is 0 Å². The summed E-state index contributed by atoms with van der Waals surface area (Å²) in [5, 5.41) is 0. The molecule has 94 valence electrons. The van der Waals surface area contributed by atoms with Crippen LogP contribution >= 0.6 is 0 Å². The van der Waals surface area contributed by atoms with E-state index in [1.54, 1.807) is 0 Å². The Balaban J connectivity index is 1.99. The van der Waals surface area contributed by atoms with Crippen LogP contribution < -0.4 is 10.5 Å². The molecule has 2 nitrogen and oxygen atoms in total. The first-order valence-electron chi connectivity index (χ1n) is 6.59. The van der Waals surface area contributed by atoms with Crippen molar-refractivity contribution in [3.05, 3.63) is 29.8 Å². The van der Waals surface area contributed by atoms with Crippen molar-refractivity contribution in [1.29, 1.82) is 0 Å². The van der Waals surface area contributed by atoms with Gasteiger partial charge in [-0.05, 0) is 43.4 Å². The molecule has 1 saturated carbocycles. The van der Waals surface area contributed by atoms with Crippen molar-refractivity contribution in [3.63, 3.8) is 0 Å². The maximum absolute atomic E-state index is 6.02. The third-order valence-electron chi connectivity index (χ3n) is 3.71. The highest BCUT2D eigenvalue weighted by atomic mass is 16.5.